The highest BCUT2D eigenvalue weighted by atomic mass is 35.5. The second-order valence-electron chi connectivity index (χ2n) is 3.50. The molecule has 86 valence electrons. The molecule has 0 heterocycles. The van der Waals surface area contributed by atoms with E-state index in [1.165, 1.54) is 30.3 Å². The van der Waals surface area contributed by atoms with Gasteiger partial charge in [0.1, 0.15) is 5.75 Å². The van der Waals surface area contributed by atoms with Gasteiger partial charge in [0.25, 0.3) is 0 Å². The fraction of sp³-hybridized carbons (Fsp3) is 0. The summed E-state index contributed by atoms with van der Waals surface area (Å²) >= 11 is 11.8. The molecule has 1 N–H and O–H groups in total. The predicted molar refractivity (Wildman–Crippen MR) is 68.0 cm³/mol. The Morgan fingerprint density at radius 1 is 1.00 bits per heavy atom. The molecule has 0 saturated carbocycles. The van der Waals surface area contributed by atoms with E-state index in [4.69, 9.17) is 28.3 Å². The van der Waals surface area contributed by atoms with Crippen LogP contribution in [-0.2, 0) is 0 Å². The maximum atomic E-state index is 12.1. The van der Waals surface area contributed by atoms with E-state index in [1.54, 1.807) is 12.1 Å². The maximum absolute atomic E-state index is 12.1. The number of hydrogen-bond acceptors (Lipinski definition) is 2. The number of rotatable bonds is 2. The van der Waals surface area contributed by atoms with Gasteiger partial charge in [0.2, 0.25) is 0 Å². The fourth-order valence-corrected chi connectivity index (χ4v) is 1.82. The summed E-state index contributed by atoms with van der Waals surface area (Å²) in [5.74, 6) is -0.115. The number of phenols is 1. The van der Waals surface area contributed by atoms with E-state index in [-0.39, 0.29) is 11.5 Å². The molecule has 0 saturated heterocycles. The van der Waals surface area contributed by atoms with Crippen LogP contribution < -0.4 is 0 Å². The summed E-state index contributed by atoms with van der Waals surface area (Å²) < 4.78 is 0. The van der Waals surface area contributed by atoms with Gasteiger partial charge in [-0.05, 0) is 42.5 Å². The third-order valence-electron chi connectivity index (χ3n) is 2.30. The number of aromatic hydroxyl groups is 1. The quantitative estimate of drug-likeness (QED) is 0.837. The standard InChI is InChI=1S/C13H8Cl2O2/c14-9-3-6-12(15)11(7-9)13(17)8-1-4-10(16)5-2-8/h1-7,16H. The molecule has 2 nitrogen and oxygen atoms in total. The van der Waals surface area contributed by atoms with Gasteiger partial charge in [-0.3, -0.25) is 4.79 Å². The molecule has 0 spiro atoms. The summed E-state index contributed by atoms with van der Waals surface area (Å²) in [6, 6.07) is 10.7. The lowest BCUT2D eigenvalue weighted by Crippen LogP contribution is -2.01. The third-order valence-corrected chi connectivity index (χ3v) is 2.87. The van der Waals surface area contributed by atoms with Crippen molar-refractivity contribution in [3.8, 4) is 5.75 Å². The van der Waals surface area contributed by atoms with E-state index < -0.39 is 0 Å². The minimum absolute atomic E-state index is 0.110. The van der Waals surface area contributed by atoms with Gasteiger partial charge >= 0.3 is 0 Å². The molecular formula is C13H8Cl2O2. The van der Waals surface area contributed by atoms with Crippen LogP contribution in [0, 0.1) is 0 Å². The van der Waals surface area contributed by atoms with Crippen LogP contribution in [0.1, 0.15) is 15.9 Å². The van der Waals surface area contributed by atoms with Crippen molar-refractivity contribution in [2.24, 2.45) is 0 Å². The van der Waals surface area contributed by atoms with Crippen LogP contribution in [0.5, 0.6) is 5.75 Å². The average Bonchev–Trinajstić information content (AvgIpc) is 2.32. The molecule has 0 unspecified atom stereocenters. The summed E-state index contributed by atoms with van der Waals surface area (Å²) in [6.45, 7) is 0. The molecule has 2 aromatic rings. The summed E-state index contributed by atoms with van der Waals surface area (Å²) in [6.07, 6.45) is 0. The lowest BCUT2D eigenvalue weighted by molar-refractivity contribution is 0.103. The van der Waals surface area contributed by atoms with Gasteiger partial charge in [0.15, 0.2) is 5.78 Å². The average molecular weight is 267 g/mol. The molecule has 0 atom stereocenters. The predicted octanol–water partition coefficient (Wildman–Crippen LogP) is 3.93. The van der Waals surface area contributed by atoms with Gasteiger partial charge < -0.3 is 5.11 Å². The Hall–Kier alpha value is -1.51. The van der Waals surface area contributed by atoms with Gasteiger partial charge in [-0.1, -0.05) is 23.2 Å². The van der Waals surface area contributed by atoms with Gasteiger partial charge in [0, 0.05) is 16.1 Å². The molecule has 0 bridgehead atoms. The molecule has 0 radical (unpaired) electrons. The van der Waals surface area contributed by atoms with Crippen molar-refractivity contribution in [1.29, 1.82) is 0 Å². The first-order chi connectivity index (χ1) is 8.08. The van der Waals surface area contributed by atoms with Crippen LogP contribution in [0.15, 0.2) is 42.5 Å². The van der Waals surface area contributed by atoms with E-state index in [1.807, 2.05) is 0 Å². The van der Waals surface area contributed by atoms with Crippen LogP contribution in [0.4, 0.5) is 0 Å². The Morgan fingerprint density at radius 2 is 1.65 bits per heavy atom. The molecule has 0 amide bonds. The Bertz CT molecular complexity index is 562. The fourth-order valence-electron chi connectivity index (χ4n) is 1.44. The van der Waals surface area contributed by atoms with Gasteiger partial charge in [-0.2, -0.15) is 0 Å². The Morgan fingerprint density at radius 3 is 2.29 bits per heavy atom. The van der Waals surface area contributed by atoms with Crippen molar-refractivity contribution in [3.63, 3.8) is 0 Å². The number of hydrogen-bond donors (Lipinski definition) is 1. The molecule has 0 aromatic heterocycles. The minimum Gasteiger partial charge on any atom is -0.508 e. The third kappa shape index (κ3) is 2.60. The van der Waals surface area contributed by atoms with Gasteiger partial charge in [-0.15, -0.1) is 0 Å². The van der Waals surface area contributed by atoms with Gasteiger partial charge in [0.05, 0.1) is 5.02 Å². The zero-order chi connectivity index (χ0) is 12.4. The van der Waals surface area contributed by atoms with Crippen molar-refractivity contribution in [2.75, 3.05) is 0 Å². The van der Waals surface area contributed by atoms with Crippen molar-refractivity contribution in [2.45, 2.75) is 0 Å². The van der Waals surface area contributed by atoms with Crippen LogP contribution in [0.25, 0.3) is 0 Å². The number of phenolic OH excluding ortho intramolecular Hbond substituents is 1. The SMILES string of the molecule is O=C(c1ccc(O)cc1)c1cc(Cl)ccc1Cl. The van der Waals surface area contributed by atoms with Gasteiger partial charge in [-0.25, -0.2) is 0 Å². The summed E-state index contributed by atoms with van der Waals surface area (Å²) in [5.41, 5.74) is 0.803. The van der Waals surface area contributed by atoms with E-state index in [9.17, 15) is 4.79 Å². The molecule has 0 aliphatic carbocycles. The molecule has 0 aliphatic rings. The second-order valence-corrected chi connectivity index (χ2v) is 4.34. The van der Waals surface area contributed by atoms with Crippen LogP contribution in [-0.4, -0.2) is 10.9 Å². The molecule has 2 rings (SSSR count). The summed E-state index contributed by atoms with van der Waals surface area (Å²) in [4.78, 5) is 12.1. The first kappa shape index (κ1) is 12.0. The smallest absolute Gasteiger partial charge is 0.194 e. The Balaban J connectivity index is 2.43. The largest absolute Gasteiger partial charge is 0.508 e. The Kier molecular flexibility index (Phi) is 3.36. The summed E-state index contributed by atoms with van der Waals surface area (Å²) in [5, 5.41) is 9.96. The second kappa shape index (κ2) is 4.78. The maximum Gasteiger partial charge on any atom is 0.194 e. The highest BCUT2D eigenvalue weighted by Gasteiger charge is 2.13. The highest BCUT2D eigenvalue weighted by Crippen LogP contribution is 2.24. The molecular weight excluding hydrogens is 259 g/mol. The highest BCUT2D eigenvalue weighted by molar-refractivity contribution is 6.36. The molecule has 4 heteroatoms. The normalized spacial score (nSPS) is 10.2. The molecule has 17 heavy (non-hydrogen) atoms. The van der Waals surface area contributed by atoms with E-state index in [0.717, 1.165) is 0 Å². The number of benzene rings is 2. The monoisotopic (exact) mass is 266 g/mol. The zero-order valence-electron chi connectivity index (χ0n) is 8.65. The topological polar surface area (TPSA) is 37.3 Å². The van der Waals surface area contributed by atoms with E-state index in [0.29, 0.717) is 21.2 Å². The van der Waals surface area contributed by atoms with Crippen molar-refractivity contribution >= 4 is 29.0 Å². The Labute approximate surface area is 108 Å². The van der Waals surface area contributed by atoms with Crippen molar-refractivity contribution in [3.05, 3.63) is 63.6 Å². The molecule has 0 aliphatic heterocycles. The van der Waals surface area contributed by atoms with Crippen molar-refractivity contribution in [1.82, 2.24) is 0 Å². The minimum atomic E-state index is -0.225. The summed E-state index contributed by atoms with van der Waals surface area (Å²) in [7, 11) is 0. The first-order valence-electron chi connectivity index (χ1n) is 4.87. The zero-order valence-corrected chi connectivity index (χ0v) is 10.2. The number of halogens is 2. The number of carbonyl (C=O) groups is 1. The van der Waals surface area contributed by atoms with Crippen molar-refractivity contribution < 1.29 is 9.90 Å². The lowest BCUT2D eigenvalue weighted by Gasteiger charge is -2.04. The van der Waals surface area contributed by atoms with Crippen LogP contribution in [0.2, 0.25) is 10.0 Å². The number of carbonyl (C=O) groups excluding carboxylic acids is 1. The lowest BCUT2D eigenvalue weighted by atomic mass is 10.0. The number of ketones is 1. The van der Waals surface area contributed by atoms with Crippen LogP contribution >= 0.6 is 23.2 Å². The molecule has 0 fully saturated rings. The molecule has 2 aromatic carbocycles. The van der Waals surface area contributed by atoms with E-state index in [2.05, 4.69) is 0 Å². The van der Waals surface area contributed by atoms with Crippen LogP contribution in [0.3, 0.4) is 0 Å². The first-order valence-corrected chi connectivity index (χ1v) is 5.62. The van der Waals surface area contributed by atoms with E-state index >= 15 is 0 Å².